The van der Waals surface area contributed by atoms with Crippen molar-refractivity contribution in [2.75, 3.05) is 19.7 Å². The van der Waals surface area contributed by atoms with Crippen LogP contribution in [0.1, 0.15) is 31.7 Å². The molecule has 100 valence electrons. The molecule has 1 saturated carbocycles. The maximum Gasteiger partial charge on any atom is 0.123 e. The molecule has 0 amide bonds. The molecular formula is C15H24N2O. The lowest BCUT2D eigenvalue weighted by molar-refractivity contribution is 0.309. The first-order valence-corrected chi connectivity index (χ1v) is 6.85. The van der Waals surface area contributed by atoms with Crippen LogP contribution >= 0.6 is 0 Å². The summed E-state index contributed by atoms with van der Waals surface area (Å²) in [6.45, 7) is 5.70. The number of benzene rings is 1. The van der Waals surface area contributed by atoms with Crippen molar-refractivity contribution >= 4 is 0 Å². The quantitative estimate of drug-likeness (QED) is 0.694. The molecule has 1 fully saturated rings. The summed E-state index contributed by atoms with van der Waals surface area (Å²) in [6, 6.07) is 8.24. The van der Waals surface area contributed by atoms with E-state index in [9.17, 15) is 0 Å². The van der Waals surface area contributed by atoms with Crippen LogP contribution in [0.2, 0.25) is 0 Å². The number of ether oxygens (including phenoxy) is 1. The van der Waals surface area contributed by atoms with Crippen LogP contribution in [0.3, 0.4) is 0 Å². The molecule has 2 rings (SSSR count). The molecular weight excluding hydrogens is 224 g/mol. The Hall–Kier alpha value is -1.06. The summed E-state index contributed by atoms with van der Waals surface area (Å²) in [5.74, 6) is 0.986. The fraction of sp³-hybridized carbons (Fsp3) is 0.600. The van der Waals surface area contributed by atoms with Gasteiger partial charge in [0.15, 0.2) is 0 Å². The van der Waals surface area contributed by atoms with Gasteiger partial charge in [-0.2, -0.15) is 0 Å². The number of rotatable bonds is 8. The zero-order valence-electron chi connectivity index (χ0n) is 11.2. The van der Waals surface area contributed by atoms with Crippen molar-refractivity contribution in [3.63, 3.8) is 0 Å². The van der Waals surface area contributed by atoms with Crippen LogP contribution < -0.4 is 15.8 Å². The summed E-state index contributed by atoms with van der Waals surface area (Å²) in [5, 5.41) is 3.53. The van der Waals surface area contributed by atoms with Crippen molar-refractivity contribution in [2.24, 2.45) is 11.1 Å². The average Bonchev–Trinajstić information content (AvgIpc) is 3.10. The molecule has 0 saturated heterocycles. The highest BCUT2D eigenvalue weighted by molar-refractivity contribution is 5.33. The summed E-state index contributed by atoms with van der Waals surface area (Å²) in [5.41, 5.74) is 7.26. The maximum absolute atomic E-state index is 5.76. The molecule has 0 atom stereocenters. The van der Waals surface area contributed by atoms with Crippen LogP contribution in [0.15, 0.2) is 24.3 Å². The van der Waals surface area contributed by atoms with Crippen LogP contribution in [0.5, 0.6) is 5.75 Å². The Bertz CT molecular complexity index is 375. The third-order valence-electron chi connectivity index (χ3n) is 3.55. The van der Waals surface area contributed by atoms with Crippen molar-refractivity contribution in [2.45, 2.75) is 32.7 Å². The lowest BCUT2D eigenvalue weighted by Gasteiger charge is -2.13. The van der Waals surface area contributed by atoms with Gasteiger partial charge in [-0.25, -0.2) is 0 Å². The molecule has 1 aliphatic carbocycles. The SMILES string of the molecule is CC1(CNCc2ccccc2OCCCN)CC1. The topological polar surface area (TPSA) is 47.3 Å². The fourth-order valence-electron chi connectivity index (χ4n) is 1.95. The van der Waals surface area contributed by atoms with Gasteiger partial charge in [-0.05, 0) is 37.3 Å². The van der Waals surface area contributed by atoms with E-state index >= 15 is 0 Å². The van der Waals surface area contributed by atoms with Crippen LogP contribution in [0, 0.1) is 5.41 Å². The monoisotopic (exact) mass is 248 g/mol. The smallest absolute Gasteiger partial charge is 0.123 e. The molecule has 0 aromatic heterocycles. The van der Waals surface area contributed by atoms with Crippen molar-refractivity contribution in [3.8, 4) is 5.75 Å². The van der Waals surface area contributed by atoms with Crippen molar-refractivity contribution in [1.82, 2.24) is 5.32 Å². The largest absolute Gasteiger partial charge is 0.493 e. The summed E-state index contributed by atoms with van der Waals surface area (Å²) in [6.07, 6.45) is 3.61. The van der Waals surface area contributed by atoms with E-state index in [0.29, 0.717) is 18.6 Å². The van der Waals surface area contributed by atoms with Gasteiger partial charge in [-0.1, -0.05) is 25.1 Å². The summed E-state index contributed by atoms with van der Waals surface area (Å²) in [4.78, 5) is 0. The summed E-state index contributed by atoms with van der Waals surface area (Å²) >= 11 is 0. The first-order chi connectivity index (χ1) is 8.73. The predicted octanol–water partition coefficient (Wildman–Crippen LogP) is 2.30. The number of hydrogen-bond acceptors (Lipinski definition) is 3. The first-order valence-electron chi connectivity index (χ1n) is 6.85. The van der Waals surface area contributed by atoms with Gasteiger partial charge in [0.25, 0.3) is 0 Å². The van der Waals surface area contributed by atoms with E-state index in [1.165, 1.54) is 18.4 Å². The molecule has 0 bridgehead atoms. The van der Waals surface area contributed by atoms with Crippen LogP contribution in [0.25, 0.3) is 0 Å². The van der Waals surface area contributed by atoms with Gasteiger partial charge in [0.2, 0.25) is 0 Å². The minimum atomic E-state index is 0.551. The van der Waals surface area contributed by atoms with Gasteiger partial charge >= 0.3 is 0 Å². The van der Waals surface area contributed by atoms with E-state index in [4.69, 9.17) is 10.5 Å². The Morgan fingerprint density at radius 3 is 2.83 bits per heavy atom. The lowest BCUT2D eigenvalue weighted by atomic mass is 10.1. The third-order valence-corrected chi connectivity index (χ3v) is 3.55. The molecule has 0 unspecified atom stereocenters. The van der Waals surface area contributed by atoms with Crippen molar-refractivity contribution < 1.29 is 4.74 Å². The molecule has 0 radical (unpaired) electrons. The summed E-state index contributed by atoms with van der Waals surface area (Å²) in [7, 11) is 0. The van der Waals surface area contributed by atoms with E-state index in [-0.39, 0.29) is 0 Å². The molecule has 1 aromatic rings. The second-order valence-corrected chi connectivity index (χ2v) is 5.51. The Kier molecular flexibility index (Phi) is 4.61. The molecule has 1 aliphatic rings. The van der Waals surface area contributed by atoms with Gasteiger partial charge in [-0.3, -0.25) is 0 Å². The van der Waals surface area contributed by atoms with Crippen LogP contribution in [-0.2, 0) is 6.54 Å². The second-order valence-electron chi connectivity index (χ2n) is 5.51. The second kappa shape index (κ2) is 6.21. The molecule has 18 heavy (non-hydrogen) atoms. The van der Waals surface area contributed by atoms with Gasteiger partial charge in [0.1, 0.15) is 5.75 Å². The lowest BCUT2D eigenvalue weighted by Crippen LogP contribution is -2.21. The molecule has 3 heteroatoms. The Morgan fingerprint density at radius 2 is 2.11 bits per heavy atom. The highest BCUT2D eigenvalue weighted by atomic mass is 16.5. The van der Waals surface area contributed by atoms with E-state index in [1.807, 2.05) is 12.1 Å². The third kappa shape index (κ3) is 4.00. The molecule has 3 nitrogen and oxygen atoms in total. The average molecular weight is 248 g/mol. The van der Waals surface area contributed by atoms with E-state index in [2.05, 4.69) is 24.4 Å². The Balaban J connectivity index is 1.82. The maximum atomic E-state index is 5.76. The van der Waals surface area contributed by atoms with Gasteiger partial charge in [-0.15, -0.1) is 0 Å². The van der Waals surface area contributed by atoms with Gasteiger partial charge < -0.3 is 15.8 Å². The minimum absolute atomic E-state index is 0.551. The number of para-hydroxylation sites is 1. The standard InChI is InChI=1S/C15H24N2O/c1-15(7-8-15)12-17-11-13-5-2-3-6-14(13)18-10-4-9-16/h2-3,5-6,17H,4,7-12,16H2,1H3. The molecule has 1 aromatic carbocycles. The minimum Gasteiger partial charge on any atom is -0.493 e. The fourth-order valence-corrected chi connectivity index (χ4v) is 1.95. The number of nitrogens with two attached hydrogens (primary N) is 1. The van der Waals surface area contributed by atoms with Crippen LogP contribution in [-0.4, -0.2) is 19.7 Å². The Morgan fingerprint density at radius 1 is 1.33 bits per heavy atom. The Labute approximate surface area is 110 Å². The van der Waals surface area contributed by atoms with Gasteiger partial charge in [0, 0.05) is 18.7 Å². The zero-order valence-corrected chi connectivity index (χ0v) is 11.2. The van der Waals surface area contributed by atoms with Crippen molar-refractivity contribution in [3.05, 3.63) is 29.8 Å². The zero-order chi connectivity index (χ0) is 12.8. The molecule has 3 N–H and O–H groups in total. The van der Waals surface area contributed by atoms with Crippen molar-refractivity contribution in [1.29, 1.82) is 0 Å². The van der Waals surface area contributed by atoms with Crippen LogP contribution in [0.4, 0.5) is 0 Å². The number of nitrogens with one attached hydrogen (secondary N) is 1. The normalized spacial score (nSPS) is 16.6. The molecule has 0 spiro atoms. The number of hydrogen-bond donors (Lipinski definition) is 2. The van der Waals surface area contributed by atoms with E-state index in [0.717, 1.165) is 25.3 Å². The highest BCUT2D eigenvalue weighted by Gasteiger charge is 2.36. The molecule has 0 heterocycles. The summed E-state index contributed by atoms with van der Waals surface area (Å²) < 4.78 is 5.76. The first kappa shape index (κ1) is 13.4. The molecule has 0 aliphatic heterocycles. The van der Waals surface area contributed by atoms with E-state index < -0.39 is 0 Å². The van der Waals surface area contributed by atoms with Gasteiger partial charge in [0.05, 0.1) is 6.61 Å². The van der Waals surface area contributed by atoms with E-state index in [1.54, 1.807) is 0 Å². The predicted molar refractivity (Wildman–Crippen MR) is 74.7 cm³/mol. The highest BCUT2D eigenvalue weighted by Crippen LogP contribution is 2.44.